The van der Waals surface area contributed by atoms with E-state index in [1.165, 1.54) is 18.4 Å². The molecule has 1 amide bonds. The zero-order valence-electron chi connectivity index (χ0n) is 19.5. The van der Waals surface area contributed by atoms with Crippen LogP contribution in [0.2, 0.25) is 0 Å². The van der Waals surface area contributed by atoms with Gasteiger partial charge in [0.05, 0.1) is 4.90 Å². The summed E-state index contributed by atoms with van der Waals surface area (Å²) in [5.74, 6) is -0.0509. The highest BCUT2D eigenvalue weighted by Crippen LogP contribution is 2.26. The minimum absolute atomic E-state index is 0.153. The summed E-state index contributed by atoms with van der Waals surface area (Å²) in [5.41, 5.74) is 3.41. The molecule has 4 aromatic rings. The van der Waals surface area contributed by atoms with Crippen LogP contribution in [0.3, 0.4) is 0 Å². The van der Waals surface area contributed by atoms with E-state index >= 15 is 0 Å². The highest BCUT2D eigenvalue weighted by Gasteiger charge is 2.21. The number of rotatable bonds is 8. The maximum absolute atomic E-state index is 13.3. The first kappa shape index (κ1) is 23.7. The Morgan fingerprint density at radius 1 is 1.03 bits per heavy atom. The molecule has 0 unspecified atom stereocenters. The lowest BCUT2D eigenvalue weighted by Crippen LogP contribution is -2.29. The summed E-state index contributed by atoms with van der Waals surface area (Å²) in [5, 5.41) is 3.74. The van der Waals surface area contributed by atoms with E-state index in [2.05, 4.69) is 17.2 Å². The first-order valence-electron chi connectivity index (χ1n) is 11.0. The van der Waals surface area contributed by atoms with E-state index in [1.807, 2.05) is 47.0 Å². The maximum atomic E-state index is 13.3. The molecule has 0 saturated carbocycles. The third-order valence-electron chi connectivity index (χ3n) is 5.91. The Hall–Kier alpha value is -3.49. The van der Waals surface area contributed by atoms with E-state index in [9.17, 15) is 13.2 Å². The number of carbonyl (C=O) groups excluding carboxylic acids is 1. The van der Waals surface area contributed by atoms with E-state index in [1.54, 1.807) is 36.7 Å². The fourth-order valence-electron chi connectivity index (χ4n) is 3.89. The maximum Gasteiger partial charge on any atom is 0.267 e. The highest BCUT2D eigenvalue weighted by atomic mass is 32.2. The molecule has 0 saturated heterocycles. The predicted octanol–water partition coefficient (Wildman–Crippen LogP) is 3.87. The smallest absolute Gasteiger partial charge is 0.267 e. The number of hydrogen-bond acceptors (Lipinski definition) is 4. The van der Waals surface area contributed by atoms with Gasteiger partial charge >= 0.3 is 0 Å². The number of amides is 1. The molecule has 0 aliphatic carbocycles. The molecule has 0 radical (unpaired) electrons. The minimum atomic E-state index is -3.59. The number of aromatic nitrogens is 2. The number of fused-ring (bicyclic) bond motifs is 1. The number of pyridine rings is 1. The lowest BCUT2D eigenvalue weighted by atomic mass is 10.0. The van der Waals surface area contributed by atoms with Crippen molar-refractivity contribution in [2.45, 2.75) is 24.3 Å². The quantitative estimate of drug-likeness (QED) is 0.418. The van der Waals surface area contributed by atoms with E-state index in [4.69, 9.17) is 0 Å². The largest absolute Gasteiger partial charge is 0.350 e. The number of nitrogens with one attached hydrogen (secondary N) is 1. The molecule has 2 heterocycles. The summed E-state index contributed by atoms with van der Waals surface area (Å²) < 4.78 is 28.4. The van der Waals surface area contributed by atoms with Gasteiger partial charge in [0, 0.05) is 50.5 Å². The average Bonchev–Trinajstić information content (AvgIpc) is 3.21. The summed E-state index contributed by atoms with van der Waals surface area (Å²) in [4.78, 5) is 17.5. The zero-order chi connectivity index (χ0) is 24.3. The minimum Gasteiger partial charge on any atom is -0.350 e. The van der Waals surface area contributed by atoms with E-state index in [0.717, 1.165) is 16.6 Å². The summed E-state index contributed by atoms with van der Waals surface area (Å²) in [6, 6.07) is 20.6. The molecule has 2 aromatic heterocycles. The molecular weight excluding hydrogens is 448 g/mol. The second kappa shape index (κ2) is 9.79. The topological polar surface area (TPSA) is 84.3 Å². The monoisotopic (exact) mass is 476 g/mol. The Kier molecular flexibility index (Phi) is 6.81. The van der Waals surface area contributed by atoms with Crippen molar-refractivity contribution in [2.75, 3.05) is 20.6 Å². The van der Waals surface area contributed by atoms with Gasteiger partial charge in [-0.3, -0.25) is 9.78 Å². The summed E-state index contributed by atoms with van der Waals surface area (Å²) in [6.45, 7) is 3.02. The molecular formula is C26H28N4O3S. The van der Waals surface area contributed by atoms with Gasteiger partial charge in [0.2, 0.25) is 10.0 Å². The van der Waals surface area contributed by atoms with Crippen LogP contribution in [0.5, 0.6) is 0 Å². The van der Waals surface area contributed by atoms with Crippen molar-refractivity contribution in [1.82, 2.24) is 19.2 Å². The van der Waals surface area contributed by atoms with Crippen molar-refractivity contribution in [3.05, 3.63) is 95.9 Å². The molecule has 4 rings (SSSR count). The van der Waals surface area contributed by atoms with Gasteiger partial charge in [-0.1, -0.05) is 37.3 Å². The van der Waals surface area contributed by atoms with Crippen molar-refractivity contribution < 1.29 is 13.2 Å². The molecule has 0 aliphatic heterocycles. The number of nitrogens with zero attached hydrogens (tertiary/aromatic N) is 3. The average molecular weight is 477 g/mol. The Morgan fingerprint density at radius 2 is 1.74 bits per heavy atom. The standard InChI is InChI=1S/C26H28N4O3S/c1-19(21-7-5-4-6-8-21)17-28-26(31)25-16-22-15-23(34(32,33)29(2)3)9-10-24(22)30(25)18-20-11-13-27-14-12-20/h4-16,19H,17-18H2,1-3H3,(H,28,31)/t19-/m0/s1. The lowest BCUT2D eigenvalue weighted by Gasteiger charge is -2.15. The van der Waals surface area contributed by atoms with Crippen molar-refractivity contribution in [3.8, 4) is 0 Å². The number of benzene rings is 2. The molecule has 7 nitrogen and oxygen atoms in total. The molecule has 2 aromatic carbocycles. The van der Waals surface area contributed by atoms with Crippen LogP contribution in [-0.2, 0) is 16.6 Å². The lowest BCUT2D eigenvalue weighted by molar-refractivity contribution is 0.0943. The molecule has 0 bridgehead atoms. The van der Waals surface area contributed by atoms with Gasteiger partial charge in [-0.15, -0.1) is 0 Å². The Bertz CT molecular complexity index is 1400. The molecule has 1 atom stereocenters. The third-order valence-corrected chi connectivity index (χ3v) is 7.72. The van der Waals surface area contributed by atoms with Crippen LogP contribution in [0, 0.1) is 0 Å². The third kappa shape index (κ3) is 4.88. The van der Waals surface area contributed by atoms with Crippen LogP contribution in [0.4, 0.5) is 0 Å². The van der Waals surface area contributed by atoms with Crippen molar-refractivity contribution >= 4 is 26.8 Å². The second-order valence-electron chi connectivity index (χ2n) is 8.50. The van der Waals surface area contributed by atoms with E-state index in [-0.39, 0.29) is 16.7 Å². The van der Waals surface area contributed by atoms with Gasteiger partial charge in [-0.25, -0.2) is 12.7 Å². The van der Waals surface area contributed by atoms with Crippen LogP contribution in [0.25, 0.3) is 10.9 Å². The number of sulfonamides is 1. The molecule has 0 aliphatic rings. The zero-order valence-corrected chi connectivity index (χ0v) is 20.3. The summed E-state index contributed by atoms with van der Waals surface area (Å²) in [7, 11) is -0.586. The molecule has 8 heteroatoms. The fourth-order valence-corrected chi connectivity index (χ4v) is 4.82. The first-order valence-corrected chi connectivity index (χ1v) is 12.5. The molecule has 1 N–H and O–H groups in total. The number of hydrogen-bond donors (Lipinski definition) is 1. The SMILES string of the molecule is C[C@@H](CNC(=O)c1cc2cc(S(=O)(=O)N(C)C)ccc2n1Cc1ccncc1)c1ccccc1. The predicted molar refractivity (Wildman–Crippen MR) is 133 cm³/mol. The fraction of sp³-hybridized carbons (Fsp3) is 0.231. The second-order valence-corrected chi connectivity index (χ2v) is 10.7. The normalized spacial score (nSPS) is 12.7. The van der Waals surface area contributed by atoms with Crippen LogP contribution in [-0.4, -0.2) is 48.8 Å². The van der Waals surface area contributed by atoms with Crippen LogP contribution >= 0.6 is 0 Å². The highest BCUT2D eigenvalue weighted by molar-refractivity contribution is 7.89. The van der Waals surface area contributed by atoms with Gasteiger partial charge in [0.15, 0.2) is 0 Å². The van der Waals surface area contributed by atoms with Crippen molar-refractivity contribution in [1.29, 1.82) is 0 Å². The number of carbonyl (C=O) groups is 1. The van der Waals surface area contributed by atoms with Crippen LogP contribution < -0.4 is 5.32 Å². The van der Waals surface area contributed by atoms with Gasteiger partial charge in [0.25, 0.3) is 5.91 Å². The van der Waals surface area contributed by atoms with E-state index < -0.39 is 10.0 Å². The first-order chi connectivity index (χ1) is 16.3. The van der Waals surface area contributed by atoms with Crippen LogP contribution in [0.15, 0.2) is 84.0 Å². The summed E-state index contributed by atoms with van der Waals surface area (Å²) in [6.07, 6.45) is 3.42. The van der Waals surface area contributed by atoms with Crippen molar-refractivity contribution in [2.24, 2.45) is 0 Å². The van der Waals surface area contributed by atoms with Crippen molar-refractivity contribution in [3.63, 3.8) is 0 Å². The van der Waals surface area contributed by atoms with Gasteiger partial charge in [-0.2, -0.15) is 0 Å². The Labute approximate surface area is 200 Å². The Morgan fingerprint density at radius 3 is 2.41 bits per heavy atom. The molecule has 176 valence electrons. The van der Waals surface area contributed by atoms with Gasteiger partial charge in [0.1, 0.15) is 5.69 Å². The molecule has 0 spiro atoms. The van der Waals surface area contributed by atoms with Gasteiger partial charge < -0.3 is 9.88 Å². The molecule has 0 fully saturated rings. The Balaban J connectivity index is 1.69. The molecule has 34 heavy (non-hydrogen) atoms. The summed E-state index contributed by atoms with van der Waals surface area (Å²) >= 11 is 0. The van der Waals surface area contributed by atoms with Gasteiger partial charge in [-0.05, 0) is 53.4 Å². The van der Waals surface area contributed by atoms with Crippen LogP contribution in [0.1, 0.15) is 34.5 Å². The van der Waals surface area contributed by atoms with E-state index in [0.29, 0.717) is 24.2 Å².